The van der Waals surface area contributed by atoms with Crippen LogP contribution in [0.2, 0.25) is 10.2 Å². The summed E-state index contributed by atoms with van der Waals surface area (Å²) in [5.74, 6) is -0.905. The summed E-state index contributed by atoms with van der Waals surface area (Å²) in [6.45, 7) is 0. The molecule has 23 heavy (non-hydrogen) atoms. The maximum Gasteiger partial charge on any atom is 0.451 e. The molecular formula is C13H10Cl2F3N3O2. The average molecular weight is 368 g/mol. The summed E-state index contributed by atoms with van der Waals surface area (Å²) in [7, 11) is 2.79. The van der Waals surface area contributed by atoms with Gasteiger partial charge in [-0.2, -0.15) is 13.2 Å². The van der Waals surface area contributed by atoms with E-state index in [-0.39, 0.29) is 16.0 Å². The van der Waals surface area contributed by atoms with Crippen molar-refractivity contribution in [1.82, 2.24) is 9.97 Å². The lowest BCUT2D eigenvalue weighted by Crippen LogP contribution is -2.12. The molecule has 1 N–H and O–H groups in total. The molecule has 1 heterocycles. The number of rotatable bonds is 4. The second-order valence-electron chi connectivity index (χ2n) is 4.21. The third-order valence-electron chi connectivity index (χ3n) is 2.69. The predicted octanol–water partition coefficient (Wildman–Crippen LogP) is 4.56. The van der Waals surface area contributed by atoms with Crippen LogP contribution in [0.15, 0.2) is 18.2 Å². The van der Waals surface area contributed by atoms with E-state index in [1.807, 2.05) is 0 Å². The van der Waals surface area contributed by atoms with Crippen LogP contribution in [0.3, 0.4) is 0 Å². The number of ether oxygens (including phenoxy) is 2. The molecule has 10 heteroatoms. The molecule has 5 nitrogen and oxygen atoms in total. The number of nitrogens with zero attached hydrogens (tertiary/aromatic N) is 2. The minimum absolute atomic E-state index is 0.153. The summed E-state index contributed by atoms with van der Waals surface area (Å²) in [5.41, 5.74) is 0.302. The Labute approximate surface area is 139 Å². The Morgan fingerprint density at radius 2 is 1.65 bits per heavy atom. The van der Waals surface area contributed by atoms with Crippen molar-refractivity contribution >= 4 is 34.7 Å². The Balaban J connectivity index is 2.45. The lowest BCUT2D eigenvalue weighted by molar-refractivity contribution is -0.144. The van der Waals surface area contributed by atoms with E-state index >= 15 is 0 Å². The van der Waals surface area contributed by atoms with E-state index < -0.39 is 12.0 Å². The van der Waals surface area contributed by atoms with Crippen LogP contribution in [0.4, 0.5) is 24.7 Å². The topological polar surface area (TPSA) is 56.3 Å². The zero-order valence-electron chi connectivity index (χ0n) is 11.8. The molecule has 2 aromatic rings. The highest BCUT2D eigenvalue weighted by Gasteiger charge is 2.35. The third-order valence-corrected chi connectivity index (χ3v) is 3.17. The van der Waals surface area contributed by atoms with Crippen LogP contribution >= 0.6 is 23.2 Å². The van der Waals surface area contributed by atoms with Crippen molar-refractivity contribution in [3.05, 3.63) is 34.2 Å². The molecule has 2 rings (SSSR count). The molecule has 0 fully saturated rings. The third kappa shape index (κ3) is 4.08. The van der Waals surface area contributed by atoms with Gasteiger partial charge in [-0.15, -0.1) is 0 Å². The van der Waals surface area contributed by atoms with Crippen molar-refractivity contribution in [2.45, 2.75) is 6.18 Å². The van der Waals surface area contributed by atoms with Crippen LogP contribution in [0.5, 0.6) is 11.5 Å². The molecule has 0 aliphatic rings. The van der Waals surface area contributed by atoms with E-state index in [2.05, 4.69) is 15.3 Å². The number of aromatic nitrogens is 2. The molecule has 0 radical (unpaired) electrons. The van der Waals surface area contributed by atoms with E-state index in [1.165, 1.54) is 26.4 Å². The molecule has 0 saturated carbocycles. The molecular weight excluding hydrogens is 358 g/mol. The highest BCUT2D eigenvalue weighted by molar-refractivity contribution is 6.32. The molecule has 0 bridgehead atoms. The summed E-state index contributed by atoms with van der Waals surface area (Å²) in [4.78, 5) is 6.54. The first kappa shape index (κ1) is 17.4. The largest absolute Gasteiger partial charge is 0.495 e. The molecule has 1 aromatic heterocycles. The second-order valence-corrected chi connectivity index (χ2v) is 5.00. The first-order valence-corrected chi connectivity index (χ1v) is 6.80. The molecule has 0 amide bonds. The molecule has 0 spiro atoms. The van der Waals surface area contributed by atoms with E-state index in [4.69, 9.17) is 32.7 Å². The first-order chi connectivity index (χ1) is 10.7. The van der Waals surface area contributed by atoms with Crippen molar-refractivity contribution in [2.24, 2.45) is 0 Å². The van der Waals surface area contributed by atoms with Crippen LogP contribution in [0.25, 0.3) is 0 Å². The standard InChI is InChI=1S/C13H10Cl2F3N3O2/c1-22-8-4-7(9(23-2)3-6(8)14)19-11-5-10(15)20-12(21-11)13(16,17)18/h3-5H,1-2H3,(H,19,20,21). The van der Waals surface area contributed by atoms with Crippen LogP contribution in [-0.2, 0) is 6.18 Å². The molecule has 0 saturated heterocycles. The van der Waals surface area contributed by atoms with E-state index in [1.54, 1.807) is 0 Å². The molecule has 124 valence electrons. The van der Waals surface area contributed by atoms with Gasteiger partial charge in [-0.05, 0) is 0 Å². The van der Waals surface area contributed by atoms with Gasteiger partial charge in [-0.3, -0.25) is 0 Å². The number of alkyl halides is 3. The number of hydrogen-bond acceptors (Lipinski definition) is 5. The van der Waals surface area contributed by atoms with E-state index in [0.717, 1.165) is 6.07 Å². The minimum Gasteiger partial charge on any atom is -0.495 e. The minimum atomic E-state index is -4.72. The van der Waals surface area contributed by atoms with Crippen LogP contribution in [0, 0.1) is 0 Å². The summed E-state index contributed by atoms with van der Waals surface area (Å²) in [5, 5.41) is 2.61. The number of halogens is 5. The van der Waals surface area contributed by atoms with Crippen molar-refractivity contribution in [1.29, 1.82) is 0 Å². The smallest absolute Gasteiger partial charge is 0.451 e. The number of methoxy groups -OCH3 is 2. The average Bonchev–Trinajstić information content (AvgIpc) is 2.47. The van der Waals surface area contributed by atoms with Gasteiger partial charge in [-0.1, -0.05) is 23.2 Å². The zero-order valence-corrected chi connectivity index (χ0v) is 13.3. The fourth-order valence-corrected chi connectivity index (χ4v) is 2.12. The van der Waals surface area contributed by atoms with Gasteiger partial charge in [0.1, 0.15) is 22.5 Å². The number of nitrogens with one attached hydrogen (secondary N) is 1. The van der Waals surface area contributed by atoms with Gasteiger partial charge in [0.15, 0.2) is 0 Å². The maximum atomic E-state index is 12.7. The molecule has 0 unspecified atom stereocenters. The quantitative estimate of drug-likeness (QED) is 0.802. The van der Waals surface area contributed by atoms with Gasteiger partial charge < -0.3 is 14.8 Å². The highest BCUT2D eigenvalue weighted by atomic mass is 35.5. The van der Waals surface area contributed by atoms with Crippen LogP contribution in [0.1, 0.15) is 5.82 Å². The molecule has 0 atom stereocenters. The Morgan fingerprint density at radius 1 is 1.00 bits per heavy atom. The van der Waals surface area contributed by atoms with Crippen molar-refractivity contribution in [2.75, 3.05) is 19.5 Å². The molecule has 1 aromatic carbocycles. The number of benzene rings is 1. The lowest BCUT2D eigenvalue weighted by Gasteiger charge is -2.14. The summed E-state index contributed by atoms with van der Waals surface area (Å²) < 4.78 is 48.4. The van der Waals surface area contributed by atoms with Gasteiger partial charge >= 0.3 is 6.18 Å². The predicted molar refractivity (Wildman–Crippen MR) is 79.9 cm³/mol. The van der Waals surface area contributed by atoms with E-state index in [9.17, 15) is 13.2 Å². The first-order valence-electron chi connectivity index (χ1n) is 6.05. The highest BCUT2D eigenvalue weighted by Crippen LogP contribution is 2.37. The number of anilines is 2. The Hall–Kier alpha value is -1.93. The normalized spacial score (nSPS) is 11.3. The van der Waals surface area contributed by atoms with Gasteiger partial charge in [0.25, 0.3) is 0 Å². The number of hydrogen-bond donors (Lipinski definition) is 1. The maximum absolute atomic E-state index is 12.7. The Bertz CT molecular complexity index is 726. The van der Waals surface area contributed by atoms with Gasteiger partial charge in [0.05, 0.1) is 24.9 Å². The van der Waals surface area contributed by atoms with E-state index in [0.29, 0.717) is 17.2 Å². The van der Waals surface area contributed by atoms with Crippen molar-refractivity contribution in [3.63, 3.8) is 0 Å². The van der Waals surface area contributed by atoms with Crippen LogP contribution in [-0.4, -0.2) is 24.2 Å². The fourth-order valence-electron chi connectivity index (χ4n) is 1.70. The van der Waals surface area contributed by atoms with Crippen molar-refractivity contribution in [3.8, 4) is 11.5 Å². The van der Waals surface area contributed by atoms with Gasteiger partial charge in [0, 0.05) is 18.2 Å². The van der Waals surface area contributed by atoms with Crippen molar-refractivity contribution < 1.29 is 22.6 Å². The van der Waals surface area contributed by atoms with Crippen LogP contribution < -0.4 is 14.8 Å². The summed E-state index contributed by atoms with van der Waals surface area (Å²) >= 11 is 11.6. The summed E-state index contributed by atoms with van der Waals surface area (Å²) in [6.07, 6.45) is -4.72. The van der Waals surface area contributed by atoms with Gasteiger partial charge in [-0.25, -0.2) is 9.97 Å². The monoisotopic (exact) mass is 367 g/mol. The molecule has 0 aliphatic carbocycles. The lowest BCUT2D eigenvalue weighted by atomic mass is 10.2. The van der Waals surface area contributed by atoms with Gasteiger partial charge in [0.2, 0.25) is 5.82 Å². The fraction of sp³-hybridized carbons (Fsp3) is 0.231. The Morgan fingerprint density at radius 3 is 2.22 bits per heavy atom. The second kappa shape index (κ2) is 6.67. The molecule has 0 aliphatic heterocycles. The SMILES string of the molecule is COc1cc(Nc2cc(Cl)nc(C(F)(F)F)n2)c(OC)cc1Cl. The summed E-state index contributed by atoms with van der Waals surface area (Å²) in [6, 6.07) is 4.07. The zero-order chi connectivity index (χ0) is 17.2. The Kier molecular flexibility index (Phi) is 5.06.